The van der Waals surface area contributed by atoms with Crippen LogP contribution in [0.3, 0.4) is 0 Å². The van der Waals surface area contributed by atoms with E-state index in [9.17, 15) is 13.6 Å². The van der Waals surface area contributed by atoms with Crippen molar-refractivity contribution >= 4 is 11.6 Å². The fourth-order valence-corrected chi connectivity index (χ4v) is 4.68. The number of nitrogens with one attached hydrogen (secondary N) is 1. The molecule has 0 bridgehead atoms. The fourth-order valence-electron chi connectivity index (χ4n) is 4.68. The third-order valence-corrected chi connectivity index (χ3v) is 6.62. The van der Waals surface area contributed by atoms with Crippen molar-refractivity contribution in [1.29, 1.82) is 5.26 Å². The average molecular weight is 433 g/mol. The summed E-state index contributed by atoms with van der Waals surface area (Å²) < 4.78 is 25.9. The van der Waals surface area contributed by atoms with Gasteiger partial charge in [-0.25, -0.2) is 8.78 Å². The molecule has 1 amide bonds. The molecule has 1 heterocycles. The van der Waals surface area contributed by atoms with Crippen LogP contribution in [0.2, 0.25) is 0 Å². The summed E-state index contributed by atoms with van der Waals surface area (Å²) in [4.78, 5) is 16.6. The van der Waals surface area contributed by atoms with Gasteiger partial charge in [0, 0.05) is 56.3 Å². The Bertz CT molecular complexity index is 735. The topological polar surface area (TPSA) is 59.4 Å². The molecule has 0 unspecified atom stereocenters. The largest absolute Gasteiger partial charge is 0.369 e. The summed E-state index contributed by atoms with van der Waals surface area (Å²) in [6.45, 7) is 4.76. The molecule has 0 atom stereocenters. The van der Waals surface area contributed by atoms with Crippen LogP contribution in [0.25, 0.3) is 0 Å². The van der Waals surface area contributed by atoms with E-state index in [-0.39, 0.29) is 11.5 Å². The molecule has 0 spiro atoms. The summed E-state index contributed by atoms with van der Waals surface area (Å²) >= 11 is 0. The van der Waals surface area contributed by atoms with E-state index in [0.717, 1.165) is 64.1 Å². The van der Waals surface area contributed by atoms with Crippen molar-refractivity contribution in [2.45, 2.75) is 63.8 Å². The zero-order valence-electron chi connectivity index (χ0n) is 18.2. The monoisotopic (exact) mass is 432 g/mol. The number of benzene rings is 1. The number of unbranched alkanes of at least 4 members (excludes halogenated alkanes) is 1. The van der Waals surface area contributed by atoms with E-state index in [1.807, 2.05) is 6.07 Å². The van der Waals surface area contributed by atoms with Crippen molar-refractivity contribution in [2.24, 2.45) is 5.92 Å². The lowest BCUT2D eigenvalue weighted by molar-refractivity contribution is -0.122. The second-order valence-electron chi connectivity index (χ2n) is 8.81. The number of carbonyl (C=O) groups is 1. The van der Waals surface area contributed by atoms with Crippen molar-refractivity contribution in [2.75, 3.05) is 37.6 Å². The molecule has 1 aliphatic carbocycles. The summed E-state index contributed by atoms with van der Waals surface area (Å²) in [5.41, 5.74) is 0.985. The predicted molar refractivity (Wildman–Crippen MR) is 118 cm³/mol. The molecule has 170 valence electrons. The number of hydrogen-bond acceptors (Lipinski definition) is 4. The smallest absolute Gasteiger partial charge is 0.263 e. The lowest BCUT2D eigenvalue weighted by Crippen LogP contribution is -2.47. The van der Waals surface area contributed by atoms with Gasteiger partial charge in [-0.1, -0.05) is 12.1 Å². The first kappa shape index (κ1) is 23.5. The molecular formula is C24H34F2N4O. The summed E-state index contributed by atoms with van der Waals surface area (Å²) in [7, 11) is 0. The third-order valence-electron chi connectivity index (χ3n) is 6.62. The van der Waals surface area contributed by atoms with E-state index in [1.54, 1.807) is 12.1 Å². The molecule has 1 saturated heterocycles. The van der Waals surface area contributed by atoms with Gasteiger partial charge in [0.05, 0.1) is 6.07 Å². The molecular weight excluding hydrogens is 398 g/mol. The van der Waals surface area contributed by atoms with Gasteiger partial charge in [0.25, 0.3) is 6.43 Å². The van der Waals surface area contributed by atoms with E-state index in [1.165, 1.54) is 12.5 Å². The van der Waals surface area contributed by atoms with E-state index in [0.29, 0.717) is 31.2 Å². The average Bonchev–Trinajstić information content (AvgIpc) is 2.79. The Hall–Kier alpha value is -2.20. The molecule has 7 heteroatoms. The van der Waals surface area contributed by atoms with Crippen LogP contribution in [0, 0.1) is 17.2 Å². The highest BCUT2D eigenvalue weighted by atomic mass is 19.3. The van der Waals surface area contributed by atoms with Crippen LogP contribution >= 0.6 is 0 Å². The van der Waals surface area contributed by atoms with Crippen molar-refractivity contribution < 1.29 is 13.6 Å². The second-order valence-corrected chi connectivity index (χ2v) is 8.81. The molecule has 0 radical (unpaired) electrons. The van der Waals surface area contributed by atoms with Crippen LogP contribution in [-0.2, 0) is 4.79 Å². The van der Waals surface area contributed by atoms with Crippen molar-refractivity contribution in [3.05, 3.63) is 29.8 Å². The number of rotatable bonds is 9. The Balaban J connectivity index is 1.31. The lowest BCUT2D eigenvalue weighted by atomic mass is 9.84. The molecule has 3 rings (SSSR count). The van der Waals surface area contributed by atoms with Gasteiger partial charge < -0.3 is 10.2 Å². The van der Waals surface area contributed by atoms with Crippen LogP contribution in [0.5, 0.6) is 0 Å². The van der Waals surface area contributed by atoms with Crippen LogP contribution in [-0.4, -0.2) is 49.6 Å². The number of nitrogens with zero attached hydrogens (tertiary/aromatic N) is 3. The quantitative estimate of drug-likeness (QED) is 0.584. The number of amides is 1. The number of nitriles is 1. The predicted octanol–water partition coefficient (Wildman–Crippen LogP) is 4.51. The van der Waals surface area contributed by atoms with Crippen LogP contribution in [0.1, 0.15) is 63.4 Å². The zero-order chi connectivity index (χ0) is 22.1. The molecule has 1 saturated carbocycles. The maximum absolute atomic E-state index is 12.9. The maximum atomic E-state index is 12.9. The Morgan fingerprint density at radius 3 is 2.58 bits per heavy atom. The molecule has 1 N–H and O–H groups in total. The van der Waals surface area contributed by atoms with E-state index in [2.05, 4.69) is 21.2 Å². The number of alkyl halides is 2. The first-order valence-electron chi connectivity index (χ1n) is 11.6. The molecule has 2 aliphatic rings. The van der Waals surface area contributed by atoms with Gasteiger partial charge in [0.2, 0.25) is 5.91 Å². The number of carbonyl (C=O) groups excluding carboxylic acids is 1. The van der Waals surface area contributed by atoms with Crippen molar-refractivity contribution in [1.82, 2.24) is 10.2 Å². The number of hydrogen-bond donors (Lipinski definition) is 1. The zero-order valence-corrected chi connectivity index (χ0v) is 18.2. The molecule has 1 aromatic carbocycles. The van der Waals surface area contributed by atoms with Crippen LogP contribution < -0.4 is 10.2 Å². The minimum atomic E-state index is -2.42. The minimum absolute atomic E-state index is 0.0793. The maximum Gasteiger partial charge on any atom is 0.263 e. The van der Waals surface area contributed by atoms with Gasteiger partial charge in [0.15, 0.2) is 0 Å². The van der Waals surface area contributed by atoms with Gasteiger partial charge in [-0.3, -0.25) is 9.69 Å². The highest BCUT2D eigenvalue weighted by Crippen LogP contribution is 2.28. The minimum Gasteiger partial charge on any atom is -0.369 e. The van der Waals surface area contributed by atoms with Crippen LogP contribution in [0.15, 0.2) is 24.3 Å². The van der Waals surface area contributed by atoms with Crippen molar-refractivity contribution in [3.63, 3.8) is 0 Å². The van der Waals surface area contributed by atoms with E-state index < -0.39 is 6.43 Å². The molecule has 0 aromatic heterocycles. The first-order valence-corrected chi connectivity index (χ1v) is 11.6. The summed E-state index contributed by atoms with van der Waals surface area (Å²) in [6, 6.07) is 9.10. The van der Waals surface area contributed by atoms with Gasteiger partial charge in [-0.05, 0) is 63.1 Å². The number of anilines is 1. The Morgan fingerprint density at radius 2 is 1.90 bits per heavy atom. The van der Waals surface area contributed by atoms with Gasteiger partial charge >= 0.3 is 0 Å². The molecule has 31 heavy (non-hydrogen) atoms. The standard InChI is InChI=1S/C24H34F2N4O/c25-24(26)20-4-3-5-22(18-20)30-16-14-29(15-17-30)13-11-19-7-9-21(10-8-19)28-23(31)6-1-2-12-27/h3-5,18-19,21,24H,1-2,6-11,13-17H2,(H,28,31)/t19-,21-. The summed E-state index contributed by atoms with van der Waals surface area (Å²) in [5.74, 6) is 0.795. The fraction of sp³-hybridized carbons (Fsp3) is 0.667. The Labute approximate surface area is 184 Å². The lowest BCUT2D eigenvalue weighted by Gasteiger charge is -2.37. The number of piperazine rings is 1. The Morgan fingerprint density at radius 1 is 1.16 bits per heavy atom. The SMILES string of the molecule is N#CCCCC(=O)N[C@H]1CC[C@H](CCN2CCN(c3cccc(C(F)F)c3)CC2)CC1. The van der Waals surface area contributed by atoms with Crippen molar-refractivity contribution in [3.8, 4) is 6.07 Å². The summed E-state index contributed by atoms with van der Waals surface area (Å²) in [6.07, 6.45) is 4.70. The third kappa shape index (κ3) is 7.46. The first-order chi connectivity index (χ1) is 15.0. The second kappa shape index (κ2) is 12.0. The Kier molecular flexibility index (Phi) is 9.08. The van der Waals surface area contributed by atoms with Gasteiger partial charge in [0.1, 0.15) is 0 Å². The molecule has 2 fully saturated rings. The summed E-state index contributed by atoms with van der Waals surface area (Å²) in [5, 5.41) is 11.7. The number of halogens is 2. The highest BCUT2D eigenvalue weighted by Gasteiger charge is 2.24. The van der Waals surface area contributed by atoms with E-state index >= 15 is 0 Å². The molecule has 1 aliphatic heterocycles. The van der Waals surface area contributed by atoms with Gasteiger partial charge in [-0.15, -0.1) is 0 Å². The van der Waals surface area contributed by atoms with Crippen LogP contribution in [0.4, 0.5) is 14.5 Å². The normalized spacial score (nSPS) is 22.3. The van der Waals surface area contributed by atoms with Gasteiger partial charge in [-0.2, -0.15) is 5.26 Å². The highest BCUT2D eigenvalue weighted by molar-refractivity contribution is 5.76. The van der Waals surface area contributed by atoms with E-state index in [4.69, 9.17) is 5.26 Å². The molecule has 5 nitrogen and oxygen atoms in total. The molecule has 1 aromatic rings.